The van der Waals surface area contributed by atoms with Crippen LogP contribution in [0.4, 0.5) is 11.4 Å². The zero-order valence-electron chi connectivity index (χ0n) is 12.9. The highest BCUT2D eigenvalue weighted by atomic mass is 16.6. The van der Waals surface area contributed by atoms with Crippen molar-refractivity contribution in [1.82, 2.24) is 0 Å². The average molecular weight is 294 g/mol. The molecule has 0 bridgehead atoms. The summed E-state index contributed by atoms with van der Waals surface area (Å²) in [5, 5.41) is 14.6. The van der Waals surface area contributed by atoms with Crippen LogP contribution in [0.2, 0.25) is 0 Å². The molecule has 1 aromatic rings. The highest BCUT2D eigenvalue weighted by Crippen LogP contribution is 2.40. The lowest BCUT2D eigenvalue weighted by Gasteiger charge is -2.21. The topological polar surface area (TPSA) is 73.6 Å². The van der Waals surface area contributed by atoms with E-state index in [1.165, 1.54) is 20.3 Å². The molecule has 0 saturated heterocycles. The Bertz CT molecular complexity index is 533. The summed E-state index contributed by atoms with van der Waals surface area (Å²) in [6.45, 7) is 4.40. The Hall–Kier alpha value is -1.98. The van der Waals surface area contributed by atoms with Gasteiger partial charge in [-0.15, -0.1) is 0 Å². The molecule has 0 aliphatic heterocycles. The zero-order valence-corrected chi connectivity index (χ0v) is 12.9. The number of anilines is 1. The fraction of sp³-hybridized carbons (Fsp3) is 0.600. The predicted molar refractivity (Wildman–Crippen MR) is 81.2 cm³/mol. The number of hydrogen-bond acceptors (Lipinski definition) is 5. The maximum atomic E-state index is 11.3. The largest absolute Gasteiger partial charge is 0.493 e. The maximum Gasteiger partial charge on any atom is 0.296 e. The van der Waals surface area contributed by atoms with Crippen molar-refractivity contribution in [3.05, 3.63) is 22.2 Å². The molecule has 3 unspecified atom stereocenters. The highest BCUT2D eigenvalue weighted by molar-refractivity contribution is 5.69. The summed E-state index contributed by atoms with van der Waals surface area (Å²) in [5.74, 6) is 1.96. The molecule has 3 atom stereocenters. The van der Waals surface area contributed by atoms with Gasteiger partial charge in [-0.25, -0.2) is 0 Å². The molecule has 0 heterocycles. The molecule has 0 radical (unpaired) electrons. The molecule has 0 aromatic heterocycles. The van der Waals surface area contributed by atoms with Crippen molar-refractivity contribution in [2.24, 2.45) is 11.8 Å². The number of methoxy groups -OCH3 is 2. The Kier molecular flexibility index (Phi) is 4.55. The van der Waals surface area contributed by atoms with E-state index in [-0.39, 0.29) is 11.7 Å². The van der Waals surface area contributed by atoms with Crippen LogP contribution in [-0.2, 0) is 0 Å². The number of nitro groups is 1. The molecule has 2 rings (SSSR count). The van der Waals surface area contributed by atoms with Crippen molar-refractivity contribution in [2.45, 2.75) is 32.7 Å². The SMILES string of the molecule is COc1cc(NC2CCC(C)C2C)c([N+](=O)[O-])cc1OC. The number of nitro benzene ring substituents is 1. The van der Waals surface area contributed by atoms with E-state index in [9.17, 15) is 10.1 Å². The minimum Gasteiger partial charge on any atom is -0.493 e. The van der Waals surface area contributed by atoms with Gasteiger partial charge in [-0.3, -0.25) is 10.1 Å². The van der Waals surface area contributed by atoms with Crippen LogP contribution in [0.1, 0.15) is 26.7 Å². The summed E-state index contributed by atoms with van der Waals surface area (Å²) in [7, 11) is 2.99. The van der Waals surface area contributed by atoms with Gasteiger partial charge in [0.25, 0.3) is 5.69 Å². The second-order valence-electron chi connectivity index (χ2n) is 5.65. The van der Waals surface area contributed by atoms with Crippen molar-refractivity contribution in [3.63, 3.8) is 0 Å². The molecule has 1 N–H and O–H groups in total. The summed E-state index contributed by atoms with van der Waals surface area (Å²) < 4.78 is 10.4. The highest BCUT2D eigenvalue weighted by Gasteiger charge is 2.31. The third-order valence-corrected chi connectivity index (χ3v) is 4.50. The minimum absolute atomic E-state index is 0.0133. The number of nitrogens with zero attached hydrogens (tertiary/aromatic N) is 1. The summed E-state index contributed by atoms with van der Waals surface area (Å²) in [4.78, 5) is 10.9. The van der Waals surface area contributed by atoms with Crippen LogP contribution in [0.25, 0.3) is 0 Å². The van der Waals surface area contributed by atoms with Crippen LogP contribution < -0.4 is 14.8 Å². The number of rotatable bonds is 5. The summed E-state index contributed by atoms with van der Waals surface area (Å²) in [6.07, 6.45) is 2.16. The molecule has 21 heavy (non-hydrogen) atoms. The lowest BCUT2D eigenvalue weighted by atomic mass is 9.97. The van der Waals surface area contributed by atoms with Gasteiger partial charge in [0.2, 0.25) is 0 Å². The summed E-state index contributed by atoms with van der Waals surface area (Å²) in [6, 6.07) is 3.30. The first-order valence-corrected chi connectivity index (χ1v) is 7.14. The minimum atomic E-state index is -0.395. The zero-order chi connectivity index (χ0) is 15.6. The lowest BCUT2D eigenvalue weighted by molar-refractivity contribution is -0.384. The first-order valence-electron chi connectivity index (χ1n) is 7.14. The molecule has 0 spiro atoms. The van der Waals surface area contributed by atoms with Crippen LogP contribution in [0, 0.1) is 22.0 Å². The Morgan fingerprint density at radius 2 is 1.81 bits per heavy atom. The first-order chi connectivity index (χ1) is 9.97. The smallest absolute Gasteiger partial charge is 0.296 e. The number of benzene rings is 1. The van der Waals surface area contributed by atoms with Crippen molar-refractivity contribution in [3.8, 4) is 11.5 Å². The van der Waals surface area contributed by atoms with Crippen LogP contribution in [0.15, 0.2) is 12.1 Å². The third-order valence-electron chi connectivity index (χ3n) is 4.50. The lowest BCUT2D eigenvalue weighted by Crippen LogP contribution is -2.24. The average Bonchev–Trinajstić information content (AvgIpc) is 2.78. The van der Waals surface area contributed by atoms with Gasteiger partial charge in [0.1, 0.15) is 5.69 Å². The van der Waals surface area contributed by atoms with E-state index < -0.39 is 4.92 Å². The molecule has 1 saturated carbocycles. The van der Waals surface area contributed by atoms with Gasteiger partial charge in [-0.05, 0) is 24.7 Å². The second-order valence-corrected chi connectivity index (χ2v) is 5.65. The van der Waals surface area contributed by atoms with E-state index in [2.05, 4.69) is 19.2 Å². The molecule has 1 aliphatic rings. The van der Waals surface area contributed by atoms with Gasteiger partial charge >= 0.3 is 0 Å². The quantitative estimate of drug-likeness (QED) is 0.665. The van der Waals surface area contributed by atoms with E-state index in [4.69, 9.17) is 9.47 Å². The molecule has 1 fully saturated rings. The first kappa shape index (κ1) is 15.4. The number of nitrogens with one attached hydrogen (secondary N) is 1. The summed E-state index contributed by atoms with van der Waals surface area (Å²) in [5.41, 5.74) is 0.503. The van der Waals surface area contributed by atoms with Crippen LogP contribution in [-0.4, -0.2) is 25.2 Å². The van der Waals surface area contributed by atoms with Gasteiger partial charge in [0.15, 0.2) is 11.5 Å². The molecule has 1 aliphatic carbocycles. The van der Waals surface area contributed by atoms with E-state index >= 15 is 0 Å². The van der Waals surface area contributed by atoms with Crippen LogP contribution >= 0.6 is 0 Å². The van der Waals surface area contributed by atoms with Crippen molar-refractivity contribution >= 4 is 11.4 Å². The van der Waals surface area contributed by atoms with Gasteiger partial charge in [0, 0.05) is 12.1 Å². The van der Waals surface area contributed by atoms with Crippen molar-refractivity contribution < 1.29 is 14.4 Å². The van der Waals surface area contributed by atoms with Gasteiger partial charge in [0.05, 0.1) is 25.2 Å². The van der Waals surface area contributed by atoms with E-state index in [0.717, 1.165) is 12.8 Å². The van der Waals surface area contributed by atoms with Crippen LogP contribution in [0.5, 0.6) is 11.5 Å². The van der Waals surface area contributed by atoms with Gasteiger partial charge in [-0.2, -0.15) is 0 Å². The Morgan fingerprint density at radius 1 is 1.19 bits per heavy atom. The molecule has 1 aromatic carbocycles. The molecule has 6 nitrogen and oxygen atoms in total. The Balaban J connectivity index is 2.35. The van der Waals surface area contributed by atoms with Crippen molar-refractivity contribution in [2.75, 3.05) is 19.5 Å². The van der Waals surface area contributed by atoms with E-state index in [1.54, 1.807) is 6.07 Å². The van der Waals surface area contributed by atoms with E-state index in [0.29, 0.717) is 29.0 Å². The van der Waals surface area contributed by atoms with E-state index in [1.807, 2.05) is 0 Å². The van der Waals surface area contributed by atoms with Crippen LogP contribution in [0.3, 0.4) is 0 Å². The molecule has 0 amide bonds. The standard InChI is InChI=1S/C15H22N2O4/c1-9-5-6-11(10(9)2)16-12-7-14(20-3)15(21-4)8-13(12)17(18)19/h7-11,16H,5-6H2,1-4H3. The number of hydrogen-bond donors (Lipinski definition) is 1. The Morgan fingerprint density at radius 3 is 2.29 bits per heavy atom. The van der Waals surface area contributed by atoms with Gasteiger partial charge in [-0.1, -0.05) is 13.8 Å². The molecule has 6 heteroatoms. The second kappa shape index (κ2) is 6.20. The predicted octanol–water partition coefficient (Wildman–Crippen LogP) is 3.46. The van der Waals surface area contributed by atoms with Crippen molar-refractivity contribution in [1.29, 1.82) is 0 Å². The van der Waals surface area contributed by atoms with Gasteiger partial charge < -0.3 is 14.8 Å². The monoisotopic (exact) mass is 294 g/mol. The maximum absolute atomic E-state index is 11.3. The normalized spacial score (nSPS) is 24.7. The molecule has 116 valence electrons. The number of ether oxygens (including phenoxy) is 2. The summed E-state index contributed by atoms with van der Waals surface area (Å²) >= 11 is 0. The fourth-order valence-corrected chi connectivity index (χ4v) is 2.90. The Labute approximate surface area is 124 Å². The molecular weight excluding hydrogens is 272 g/mol. The fourth-order valence-electron chi connectivity index (χ4n) is 2.90. The third kappa shape index (κ3) is 3.04. The molecular formula is C15H22N2O4.